The Kier molecular flexibility index (Phi) is 8.65. The Morgan fingerprint density at radius 3 is 2.00 bits per heavy atom. The Hall–Kier alpha value is -2.13. The van der Waals surface area contributed by atoms with E-state index in [1.165, 1.54) is 0 Å². The molecule has 0 radical (unpaired) electrons. The summed E-state index contributed by atoms with van der Waals surface area (Å²) < 4.78 is 32.1. The molecule has 0 saturated heterocycles. The molecule has 0 aliphatic heterocycles. The van der Waals surface area contributed by atoms with Crippen LogP contribution in [0.15, 0.2) is 29.2 Å². The molecule has 1 rings (SSSR count). The standard InChI is InChI=1S/C20H33N3O5S/c1-19(2,3)15-7-9-16(10-8-15)29(26,27)23-14-13-21-17(24)11-12-22-18(25)28-20(4,5)6/h7-10,23H,11-14H2,1-6H3,(H,21,24)(H,22,25). The van der Waals surface area contributed by atoms with Gasteiger partial charge in [-0.1, -0.05) is 32.9 Å². The van der Waals surface area contributed by atoms with Crippen molar-refractivity contribution in [3.8, 4) is 0 Å². The van der Waals surface area contributed by atoms with Crippen molar-refractivity contribution in [2.45, 2.75) is 63.9 Å². The number of benzene rings is 1. The van der Waals surface area contributed by atoms with Crippen LogP contribution < -0.4 is 15.4 Å². The van der Waals surface area contributed by atoms with E-state index in [1.807, 2.05) is 0 Å². The summed E-state index contributed by atoms with van der Waals surface area (Å²) in [5, 5.41) is 5.09. The topological polar surface area (TPSA) is 114 Å². The number of ether oxygens (including phenoxy) is 1. The maximum atomic E-state index is 12.3. The predicted molar refractivity (Wildman–Crippen MR) is 112 cm³/mol. The van der Waals surface area contributed by atoms with Crippen molar-refractivity contribution in [1.82, 2.24) is 15.4 Å². The maximum absolute atomic E-state index is 12.3. The van der Waals surface area contributed by atoms with E-state index in [9.17, 15) is 18.0 Å². The molecule has 0 unspecified atom stereocenters. The van der Waals surface area contributed by atoms with Crippen LogP contribution in [0, 0.1) is 0 Å². The third kappa shape index (κ3) is 9.76. The zero-order chi connectivity index (χ0) is 22.3. The lowest BCUT2D eigenvalue weighted by molar-refractivity contribution is -0.120. The summed E-state index contributed by atoms with van der Waals surface area (Å²) in [5.41, 5.74) is 0.387. The normalized spacial score (nSPS) is 12.3. The predicted octanol–water partition coefficient (Wildman–Crippen LogP) is 2.29. The minimum Gasteiger partial charge on any atom is -0.444 e. The van der Waals surface area contributed by atoms with Gasteiger partial charge in [0, 0.05) is 26.1 Å². The van der Waals surface area contributed by atoms with E-state index < -0.39 is 21.7 Å². The van der Waals surface area contributed by atoms with Crippen LogP contribution in [0.25, 0.3) is 0 Å². The van der Waals surface area contributed by atoms with Gasteiger partial charge in [0.05, 0.1) is 4.90 Å². The molecule has 2 amide bonds. The number of amides is 2. The van der Waals surface area contributed by atoms with Crippen LogP contribution >= 0.6 is 0 Å². The Labute approximate surface area is 173 Å². The number of sulfonamides is 1. The summed E-state index contributed by atoms with van der Waals surface area (Å²) >= 11 is 0. The van der Waals surface area contributed by atoms with Gasteiger partial charge in [-0.2, -0.15) is 0 Å². The average molecular weight is 428 g/mol. The molecular formula is C20H33N3O5S. The van der Waals surface area contributed by atoms with Gasteiger partial charge < -0.3 is 15.4 Å². The molecule has 0 fully saturated rings. The summed E-state index contributed by atoms with van der Waals surface area (Å²) in [7, 11) is -3.64. The molecule has 0 heterocycles. The number of rotatable bonds is 8. The van der Waals surface area contributed by atoms with Crippen LogP contribution in [0.5, 0.6) is 0 Å². The molecule has 0 bridgehead atoms. The van der Waals surface area contributed by atoms with Gasteiger partial charge in [0.25, 0.3) is 0 Å². The molecule has 0 aliphatic rings. The van der Waals surface area contributed by atoms with Gasteiger partial charge in [0.1, 0.15) is 5.60 Å². The van der Waals surface area contributed by atoms with Crippen molar-refractivity contribution in [2.24, 2.45) is 0 Å². The van der Waals surface area contributed by atoms with Crippen molar-refractivity contribution >= 4 is 22.0 Å². The number of hydrogen-bond donors (Lipinski definition) is 3. The largest absolute Gasteiger partial charge is 0.444 e. The fraction of sp³-hybridized carbons (Fsp3) is 0.600. The summed E-state index contributed by atoms with van der Waals surface area (Å²) in [6, 6.07) is 6.75. The monoisotopic (exact) mass is 427 g/mol. The Bertz CT molecular complexity index is 791. The van der Waals surface area contributed by atoms with Gasteiger partial charge in [-0.15, -0.1) is 0 Å². The maximum Gasteiger partial charge on any atom is 0.407 e. The molecule has 0 aromatic heterocycles. The third-order valence-electron chi connectivity index (χ3n) is 3.79. The molecule has 0 spiro atoms. The van der Waals surface area contributed by atoms with E-state index in [0.29, 0.717) is 0 Å². The average Bonchev–Trinajstić information content (AvgIpc) is 2.56. The molecule has 1 aromatic carbocycles. The van der Waals surface area contributed by atoms with E-state index in [-0.39, 0.29) is 42.3 Å². The molecule has 1 aromatic rings. The SMILES string of the molecule is CC(C)(C)OC(=O)NCCC(=O)NCCNS(=O)(=O)c1ccc(C(C)(C)C)cc1. The van der Waals surface area contributed by atoms with E-state index in [1.54, 1.807) is 45.0 Å². The zero-order valence-corrected chi connectivity index (χ0v) is 18.9. The molecule has 164 valence electrons. The zero-order valence-electron chi connectivity index (χ0n) is 18.1. The second-order valence-corrected chi connectivity index (χ2v) is 10.5. The lowest BCUT2D eigenvalue weighted by Gasteiger charge is -2.19. The molecule has 0 aliphatic carbocycles. The van der Waals surface area contributed by atoms with Gasteiger partial charge in [-0.25, -0.2) is 17.9 Å². The first-order chi connectivity index (χ1) is 13.2. The summed E-state index contributed by atoms with van der Waals surface area (Å²) in [5.74, 6) is -0.296. The highest BCUT2D eigenvalue weighted by Gasteiger charge is 2.18. The number of alkyl carbamates (subject to hydrolysis) is 1. The molecule has 3 N–H and O–H groups in total. The second-order valence-electron chi connectivity index (χ2n) is 8.70. The lowest BCUT2D eigenvalue weighted by atomic mass is 9.87. The molecular weight excluding hydrogens is 394 g/mol. The van der Waals surface area contributed by atoms with Crippen molar-refractivity contribution < 1.29 is 22.7 Å². The van der Waals surface area contributed by atoms with E-state index >= 15 is 0 Å². The molecule has 8 nitrogen and oxygen atoms in total. The Morgan fingerprint density at radius 1 is 0.897 bits per heavy atom. The van der Waals surface area contributed by atoms with Crippen molar-refractivity contribution in [3.63, 3.8) is 0 Å². The summed E-state index contributed by atoms with van der Waals surface area (Å²) in [4.78, 5) is 23.4. The van der Waals surface area contributed by atoms with Crippen molar-refractivity contribution in [1.29, 1.82) is 0 Å². The Morgan fingerprint density at radius 2 is 1.48 bits per heavy atom. The highest BCUT2D eigenvalue weighted by atomic mass is 32.2. The van der Waals surface area contributed by atoms with E-state index in [4.69, 9.17) is 4.74 Å². The number of nitrogens with one attached hydrogen (secondary N) is 3. The quantitative estimate of drug-likeness (QED) is 0.551. The van der Waals surface area contributed by atoms with Crippen molar-refractivity contribution in [3.05, 3.63) is 29.8 Å². The van der Waals surface area contributed by atoms with E-state index in [2.05, 4.69) is 36.1 Å². The van der Waals surface area contributed by atoms with E-state index in [0.717, 1.165) is 5.56 Å². The fourth-order valence-electron chi connectivity index (χ4n) is 2.29. The van der Waals surface area contributed by atoms with Crippen LogP contribution in [0.3, 0.4) is 0 Å². The number of carbonyl (C=O) groups is 2. The molecule has 0 atom stereocenters. The number of carbonyl (C=O) groups excluding carboxylic acids is 2. The highest BCUT2D eigenvalue weighted by molar-refractivity contribution is 7.89. The fourth-order valence-corrected chi connectivity index (χ4v) is 3.32. The van der Waals surface area contributed by atoms with Gasteiger partial charge in [-0.05, 0) is 43.9 Å². The van der Waals surface area contributed by atoms with Crippen LogP contribution in [0.2, 0.25) is 0 Å². The second kappa shape index (κ2) is 10.1. The molecule has 0 saturated carbocycles. The lowest BCUT2D eigenvalue weighted by Crippen LogP contribution is -2.37. The third-order valence-corrected chi connectivity index (χ3v) is 5.27. The summed E-state index contributed by atoms with van der Waals surface area (Å²) in [6.07, 6.45) is -0.518. The van der Waals surface area contributed by atoms with Crippen LogP contribution in [-0.4, -0.2) is 45.7 Å². The van der Waals surface area contributed by atoms with Crippen LogP contribution in [-0.2, 0) is 25.0 Å². The first-order valence-corrected chi connectivity index (χ1v) is 11.0. The molecule has 29 heavy (non-hydrogen) atoms. The minimum atomic E-state index is -3.64. The van der Waals surface area contributed by atoms with Gasteiger partial charge in [0.15, 0.2) is 0 Å². The van der Waals surface area contributed by atoms with Gasteiger partial charge in [0.2, 0.25) is 15.9 Å². The smallest absolute Gasteiger partial charge is 0.407 e. The number of hydrogen-bond acceptors (Lipinski definition) is 5. The van der Waals surface area contributed by atoms with Gasteiger partial charge >= 0.3 is 6.09 Å². The van der Waals surface area contributed by atoms with Crippen molar-refractivity contribution in [2.75, 3.05) is 19.6 Å². The minimum absolute atomic E-state index is 0.0572. The van der Waals surface area contributed by atoms with Gasteiger partial charge in [-0.3, -0.25) is 4.79 Å². The highest BCUT2D eigenvalue weighted by Crippen LogP contribution is 2.23. The van der Waals surface area contributed by atoms with Crippen LogP contribution in [0.4, 0.5) is 4.79 Å². The molecule has 9 heteroatoms. The Balaban J connectivity index is 2.34. The summed E-state index contributed by atoms with van der Waals surface area (Å²) in [6.45, 7) is 11.8. The van der Waals surface area contributed by atoms with Crippen LogP contribution in [0.1, 0.15) is 53.5 Å². The first kappa shape index (κ1) is 24.9. The first-order valence-electron chi connectivity index (χ1n) is 9.54.